The molecule has 0 unspecified atom stereocenters. The third-order valence-electron chi connectivity index (χ3n) is 0.723. The molecule has 0 bridgehead atoms. The van der Waals surface area contributed by atoms with Crippen LogP contribution in [0.4, 0.5) is 0 Å². The van der Waals surface area contributed by atoms with Gasteiger partial charge in [-0.15, -0.1) is 5.16 Å². The second kappa shape index (κ2) is 7.69. The molecule has 0 aliphatic carbocycles. The first-order chi connectivity index (χ1) is 4.91. The number of oxime groups is 1. The summed E-state index contributed by atoms with van der Waals surface area (Å²) in [5.41, 5.74) is 0. The normalized spacial score (nSPS) is 8.50. The predicted molar refractivity (Wildman–Crippen MR) is 41.2 cm³/mol. The van der Waals surface area contributed by atoms with E-state index < -0.39 is 0 Å². The van der Waals surface area contributed by atoms with Crippen LogP contribution in [-0.4, -0.2) is 11.4 Å². The number of benzene rings is 1. The van der Waals surface area contributed by atoms with Crippen molar-refractivity contribution in [2.24, 2.45) is 5.16 Å². The third-order valence-corrected chi connectivity index (χ3v) is 0.723. The lowest BCUT2D eigenvalue weighted by atomic mass is 10.4. The Hall–Kier alpha value is -1.31. The Morgan fingerprint density at radius 1 is 1.30 bits per heavy atom. The molecule has 0 aromatic heterocycles. The highest BCUT2D eigenvalue weighted by molar-refractivity contribution is 5.51. The average molecular weight is 136 g/mol. The highest BCUT2D eigenvalue weighted by atomic mass is 16.4. The zero-order chi connectivity index (χ0) is 7.66. The van der Waals surface area contributed by atoms with E-state index in [-0.39, 0.29) is 0 Å². The molecule has 2 heteroatoms. The first-order valence-electron chi connectivity index (χ1n) is 2.95. The average Bonchev–Trinajstić information content (AvgIpc) is 2.08. The molecule has 2 nitrogen and oxygen atoms in total. The van der Waals surface area contributed by atoms with E-state index >= 15 is 0 Å². The molecule has 1 aromatic rings. The Balaban J connectivity index is 0.000000180. The van der Waals surface area contributed by atoms with Crippen molar-refractivity contribution in [3.05, 3.63) is 36.4 Å². The largest absolute Gasteiger partial charge is 0.411 e. The minimum atomic E-state index is 1.31. The van der Waals surface area contributed by atoms with Gasteiger partial charge in [-0.05, 0) is 13.0 Å². The van der Waals surface area contributed by atoms with Gasteiger partial charge in [-0.1, -0.05) is 30.3 Å². The van der Waals surface area contributed by atoms with Crippen molar-refractivity contribution in [1.82, 2.24) is 0 Å². The summed E-state index contributed by atoms with van der Waals surface area (Å²) < 4.78 is 0. The number of hydrogen-bond acceptors (Lipinski definition) is 2. The highest BCUT2D eigenvalue weighted by Crippen LogP contribution is 1.78. The summed E-state index contributed by atoms with van der Waals surface area (Å²) in [6.07, 6.45) is 1.31. The van der Waals surface area contributed by atoms with Gasteiger partial charge in [0.2, 0.25) is 0 Å². The summed E-state index contributed by atoms with van der Waals surface area (Å²) in [7, 11) is 0. The van der Waals surface area contributed by atoms with Crippen LogP contribution in [0, 0.1) is 6.07 Å². The molecule has 0 saturated heterocycles. The minimum Gasteiger partial charge on any atom is -0.411 e. The molecule has 53 valence electrons. The van der Waals surface area contributed by atoms with Crippen molar-refractivity contribution in [3.8, 4) is 0 Å². The van der Waals surface area contributed by atoms with Crippen LogP contribution in [0.2, 0.25) is 0 Å². The van der Waals surface area contributed by atoms with E-state index in [0.717, 1.165) is 0 Å². The summed E-state index contributed by atoms with van der Waals surface area (Å²) in [4.78, 5) is 0. The van der Waals surface area contributed by atoms with Gasteiger partial charge in [-0.25, -0.2) is 0 Å². The van der Waals surface area contributed by atoms with Crippen LogP contribution >= 0.6 is 0 Å². The smallest absolute Gasteiger partial charge is 0.0404 e. The van der Waals surface area contributed by atoms with E-state index in [1.54, 1.807) is 6.92 Å². The van der Waals surface area contributed by atoms with Crippen molar-refractivity contribution in [2.75, 3.05) is 0 Å². The van der Waals surface area contributed by atoms with Crippen LogP contribution in [0.1, 0.15) is 6.92 Å². The Kier molecular flexibility index (Phi) is 6.68. The fourth-order valence-electron chi connectivity index (χ4n) is 0.342. The van der Waals surface area contributed by atoms with Gasteiger partial charge in [0.25, 0.3) is 0 Å². The maximum absolute atomic E-state index is 7.44. The number of nitrogens with zero attached hydrogens (tertiary/aromatic N) is 1. The summed E-state index contributed by atoms with van der Waals surface area (Å²) in [5, 5.41) is 10.1. The number of rotatable bonds is 0. The summed E-state index contributed by atoms with van der Waals surface area (Å²) in [6.45, 7) is 1.64. The van der Waals surface area contributed by atoms with Crippen molar-refractivity contribution in [1.29, 1.82) is 0 Å². The Labute approximate surface area is 60.8 Å². The lowest BCUT2D eigenvalue weighted by molar-refractivity contribution is 0.321. The second-order valence-corrected chi connectivity index (χ2v) is 1.45. The van der Waals surface area contributed by atoms with Gasteiger partial charge in [-0.2, -0.15) is 0 Å². The molecule has 1 aromatic carbocycles. The molecule has 1 radical (unpaired) electrons. The van der Waals surface area contributed by atoms with Crippen molar-refractivity contribution in [3.63, 3.8) is 0 Å². The lowest BCUT2D eigenvalue weighted by Crippen LogP contribution is -1.49. The molecule has 0 heterocycles. The summed E-state index contributed by atoms with van der Waals surface area (Å²) >= 11 is 0. The predicted octanol–water partition coefficient (Wildman–Crippen LogP) is 1.95. The van der Waals surface area contributed by atoms with Crippen LogP contribution in [0.25, 0.3) is 0 Å². The molecule has 0 aliphatic rings. The Morgan fingerprint density at radius 2 is 1.80 bits per heavy atom. The quantitative estimate of drug-likeness (QED) is 0.330. The Morgan fingerprint density at radius 3 is 1.90 bits per heavy atom. The van der Waals surface area contributed by atoms with E-state index in [1.807, 2.05) is 30.3 Å². The molecule has 1 N–H and O–H groups in total. The molecule has 0 amide bonds. The van der Waals surface area contributed by atoms with Gasteiger partial charge in [0.05, 0.1) is 0 Å². The van der Waals surface area contributed by atoms with E-state index in [9.17, 15) is 0 Å². The molecular formula is C8H10NO. The molecule has 10 heavy (non-hydrogen) atoms. The second-order valence-electron chi connectivity index (χ2n) is 1.45. The molecule has 1 rings (SSSR count). The first kappa shape index (κ1) is 8.69. The van der Waals surface area contributed by atoms with Crippen LogP contribution in [-0.2, 0) is 0 Å². The van der Waals surface area contributed by atoms with E-state index in [2.05, 4.69) is 11.2 Å². The van der Waals surface area contributed by atoms with E-state index in [1.165, 1.54) is 6.21 Å². The summed E-state index contributed by atoms with van der Waals surface area (Å²) in [6, 6.07) is 12.5. The maximum Gasteiger partial charge on any atom is 0.0404 e. The molecule has 0 atom stereocenters. The molecular weight excluding hydrogens is 126 g/mol. The van der Waals surface area contributed by atoms with Crippen molar-refractivity contribution < 1.29 is 5.21 Å². The van der Waals surface area contributed by atoms with Crippen LogP contribution in [0.5, 0.6) is 0 Å². The van der Waals surface area contributed by atoms with Crippen LogP contribution < -0.4 is 0 Å². The van der Waals surface area contributed by atoms with Crippen LogP contribution in [0.3, 0.4) is 0 Å². The zero-order valence-electron chi connectivity index (χ0n) is 5.86. The fraction of sp³-hybridized carbons (Fsp3) is 0.125. The fourth-order valence-corrected chi connectivity index (χ4v) is 0.342. The van der Waals surface area contributed by atoms with Crippen molar-refractivity contribution >= 4 is 6.21 Å². The van der Waals surface area contributed by atoms with Gasteiger partial charge in [0.15, 0.2) is 0 Å². The summed E-state index contributed by atoms with van der Waals surface area (Å²) in [5.74, 6) is 0. The molecule has 0 fully saturated rings. The third kappa shape index (κ3) is 6.69. The van der Waals surface area contributed by atoms with E-state index in [0.29, 0.717) is 0 Å². The van der Waals surface area contributed by atoms with Gasteiger partial charge < -0.3 is 5.21 Å². The van der Waals surface area contributed by atoms with Crippen LogP contribution in [0.15, 0.2) is 35.5 Å². The topological polar surface area (TPSA) is 32.6 Å². The lowest BCUT2D eigenvalue weighted by Gasteiger charge is -1.68. The Bertz CT molecular complexity index is 129. The highest BCUT2D eigenvalue weighted by Gasteiger charge is 1.58. The molecule has 0 aliphatic heterocycles. The first-order valence-corrected chi connectivity index (χ1v) is 2.95. The SMILES string of the molecule is CC=NO.[c]1ccccc1. The minimum absolute atomic E-state index is 1.31. The van der Waals surface area contributed by atoms with Crippen molar-refractivity contribution in [2.45, 2.75) is 6.92 Å². The van der Waals surface area contributed by atoms with Gasteiger partial charge in [0, 0.05) is 6.21 Å². The van der Waals surface area contributed by atoms with Gasteiger partial charge >= 0.3 is 0 Å². The molecule has 0 saturated carbocycles. The monoisotopic (exact) mass is 136 g/mol. The standard InChI is InChI=1S/C6H5.C2H5NO/c1-2-4-6-5-3-1;1-2-3-4/h1-5H;2,4H,1H3. The van der Waals surface area contributed by atoms with E-state index in [4.69, 9.17) is 5.21 Å². The van der Waals surface area contributed by atoms with Gasteiger partial charge in [0.1, 0.15) is 0 Å². The molecule has 0 spiro atoms. The maximum atomic E-state index is 7.44. The zero-order valence-corrected chi connectivity index (χ0v) is 5.86. The number of hydrogen-bond donors (Lipinski definition) is 1. The van der Waals surface area contributed by atoms with Gasteiger partial charge in [-0.3, -0.25) is 0 Å².